The van der Waals surface area contributed by atoms with Crippen LogP contribution in [-0.2, 0) is 6.42 Å². The van der Waals surface area contributed by atoms with E-state index in [0.717, 1.165) is 34.7 Å². The summed E-state index contributed by atoms with van der Waals surface area (Å²) in [6.07, 6.45) is 0.869. The number of nitrogens with zero attached hydrogens (tertiary/aromatic N) is 4. The van der Waals surface area contributed by atoms with E-state index < -0.39 is 0 Å². The van der Waals surface area contributed by atoms with Crippen molar-refractivity contribution < 1.29 is 4.74 Å². The van der Waals surface area contributed by atoms with Crippen LogP contribution in [0.2, 0.25) is 0 Å². The zero-order valence-corrected chi connectivity index (χ0v) is 13.3. The van der Waals surface area contributed by atoms with Crippen molar-refractivity contribution in [2.45, 2.75) is 46.1 Å². The normalized spacial score (nSPS) is 18.0. The van der Waals surface area contributed by atoms with Crippen LogP contribution in [0.4, 0.5) is 5.82 Å². The molecule has 0 N–H and O–H groups in total. The van der Waals surface area contributed by atoms with Crippen LogP contribution >= 0.6 is 0 Å². The van der Waals surface area contributed by atoms with E-state index in [1.54, 1.807) is 0 Å². The largest absolute Gasteiger partial charge is 0.475 e. The number of hydrogen-bond acceptors (Lipinski definition) is 5. The standard InChI is InChI=1S/C16H22N4O/c1-6-11-7-12-13-15(19-14(18-12)9(2)3)20(5)10(4)8-21-16(13)17-11/h7,9-10H,6,8H2,1-5H3. The minimum Gasteiger partial charge on any atom is -0.475 e. The predicted octanol–water partition coefficient (Wildman–Crippen LogP) is 2.93. The number of aromatic nitrogens is 3. The van der Waals surface area contributed by atoms with Gasteiger partial charge in [0.15, 0.2) is 0 Å². The van der Waals surface area contributed by atoms with Gasteiger partial charge in [-0.2, -0.15) is 0 Å². The van der Waals surface area contributed by atoms with Crippen LogP contribution in [0.1, 0.15) is 45.1 Å². The Balaban J connectivity index is 2.35. The fourth-order valence-electron chi connectivity index (χ4n) is 2.49. The molecule has 1 aliphatic heterocycles. The molecule has 0 amide bonds. The first-order valence-corrected chi connectivity index (χ1v) is 7.58. The van der Waals surface area contributed by atoms with E-state index in [-0.39, 0.29) is 6.04 Å². The summed E-state index contributed by atoms with van der Waals surface area (Å²) in [5, 5.41) is 0.934. The molecule has 0 aliphatic carbocycles. The Hall–Kier alpha value is -1.91. The highest BCUT2D eigenvalue weighted by Crippen LogP contribution is 2.35. The van der Waals surface area contributed by atoms with E-state index in [4.69, 9.17) is 14.7 Å². The molecule has 3 heterocycles. The summed E-state index contributed by atoms with van der Waals surface area (Å²) >= 11 is 0. The highest BCUT2D eigenvalue weighted by Gasteiger charge is 2.25. The van der Waals surface area contributed by atoms with E-state index in [9.17, 15) is 0 Å². The molecule has 0 spiro atoms. The fraction of sp³-hybridized carbons (Fsp3) is 0.562. The summed E-state index contributed by atoms with van der Waals surface area (Å²) < 4.78 is 5.91. The summed E-state index contributed by atoms with van der Waals surface area (Å²) in [5.74, 6) is 2.77. The molecule has 0 saturated carbocycles. The van der Waals surface area contributed by atoms with E-state index in [1.165, 1.54) is 0 Å². The Bertz CT molecular complexity index is 684. The van der Waals surface area contributed by atoms with Crippen LogP contribution in [0, 0.1) is 0 Å². The van der Waals surface area contributed by atoms with Crippen molar-refractivity contribution in [2.24, 2.45) is 0 Å². The zero-order valence-electron chi connectivity index (χ0n) is 13.3. The molecule has 1 unspecified atom stereocenters. The van der Waals surface area contributed by atoms with Crippen LogP contribution in [0.3, 0.4) is 0 Å². The molecule has 21 heavy (non-hydrogen) atoms. The second kappa shape index (κ2) is 5.13. The third kappa shape index (κ3) is 2.30. The second-order valence-electron chi connectivity index (χ2n) is 6.00. The minimum absolute atomic E-state index is 0.252. The van der Waals surface area contributed by atoms with Gasteiger partial charge in [0.05, 0.1) is 11.6 Å². The molecule has 112 valence electrons. The molecular weight excluding hydrogens is 264 g/mol. The third-order valence-electron chi connectivity index (χ3n) is 4.03. The minimum atomic E-state index is 0.252. The van der Waals surface area contributed by atoms with Gasteiger partial charge in [-0.15, -0.1) is 0 Å². The highest BCUT2D eigenvalue weighted by atomic mass is 16.5. The van der Waals surface area contributed by atoms with Gasteiger partial charge in [0.2, 0.25) is 5.88 Å². The Morgan fingerprint density at radius 2 is 2.10 bits per heavy atom. The van der Waals surface area contributed by atoms with E-state index >= 15 is 0 Å². The van der Waals surface area contributed by atoms with Crippen molar-refractivity contribution in [3.05, 3.63) is 17.6 Å². The quantitative estimate of drug-likeness (QED) is 0.849. The number of aryl methyl sites for hydroxylation is 1. The first-order chi connectivity index (χ1) is 10.0. The van der Waals surface area contributed by atoms with E-state index in [0.29, 0.717) is 18.4 Å². The van der Waals surface area contributed by atoms with Crippen LogP contribution in [0.5, 0.6) is 5.88 Å². The Labute approximate surface area is 125 Å². The monoisotopic (exact) mass is 286 g/mol. The Kier molecular flexibility index (Phi) is 3.43. The van der Waals surface area contributed by atoms with Crippen LogP contribution in [0.15, 0.2) is 6.07 Å². The van der Waals surface area contributed by atoms with Gasteiger partial charge in [0.25, 0.3) is 0 Å². The van der Waals surface area contributed by atoms with Crippen molar-refractivity contribution in [3.8, 4) is 5.88 Å². The molecule has 2 aromatic rings. The summed E-state index contributed by atoms with van der Waals surface area (Å²) in [4.78, 5) is 16.3. The number of anilines is 1. The summed E-state index contributed by atoms with van der Waals surface area (Å²) in [6.45, 7) is 9.08. The van der Waals surface area contributed by atoms with Gasteiger partial charge in [-0.05, 0) is 19.4 Å². The molecule has 5 heteroatoms. The molecule has 0 saturated heterocycles. The maximum absolute atomic E-state index is 5.91. The first kappa shape index (κ1) is 14.0. The molecule has 1 aliphatic rings. The van der Waals surface area contributed by atoms with Crippen LogP contribution in [0.25, 0.3) is 10.9 Å². The zero-order chi connectivity index (χ0) is 15.1. The average molecular weight is 286 g/mol. The van der Waals surface area contributed by atoms with E-state index in [2.05, 4.69) is 50.7 Å². The predicted molar refractivity (Wildman–Crippen MR) is 84.2 cm³/mol. The fourth-order valence-corrected chi connectivity index (χ4v) is 2.49. The topological polar surface area (TPSA) is 51.1 Å². The summed E-state index contributed by atoms with van der Waals surface area (Å²) in [5.41, 5.74) is 1.94. The lowest BCUT2D eigenvalue weighted by Gasteiger charge is -2.24. The smallest absolute Gasteiger partial charge is 0.227 e. The second-order valence-corrected chi connectivity index (χ2v) is 6.00. The molecule has 2 aromatic heterocycles. The van der Waals surface area contributed by atoms with E-state index in [1.807, 2.05) is 0 Å². The lowest BCUT2D eigenvalue weighted by molar-refractivity contribution is 0.289. The molecular formula is C16H22N4O. The molecule has 1 atom stereocenters. The van der Waals surface area contributed by atoms with Crippen LogP contribution < -0.4 is 9.64 Å². The van der Waals surface area contributed by atoms with Gasteiger partial charge >= 0.3 is 0 Å². The maximum Gasteiger partial charge on any atom is 0.227 e. The van der Waals surface area contributed by atoms with Gasteiger partial charge < -0.3 is 9.64 Å². The van der Waals surface area contributed by atoms with Gasteiger partial charge in [-0.1, -0.05) is 20.8 Å². The molecule has 0 bridgehead atoms. The molecule has 0 radical (unpaired) electrons. The average Bonchev–Trinajstić information content (AvgIpc) is 2.60. The van der Waals surface area contributed by atoms with Crippen molar-refractivity contribution in [3.63, 3.8) is 0 Å². The highest BCUT2D eigenvalue weighted by molar-refractivity contribution is 5.94. The summed E-state index contributed by atoms with van der Waals surface area (Å²) in [7, 11) is 2.06. The van der Waals surface area contributed by atoms with Crippen molar-refractivity contribution in [2.75, 3.05) is 18.6 Å². The number of hydrogen-bond donors (Lipinski definition) is 0. The molecule has 5 nitrogen and oxygen atoms in total. The number of ether oxygens (including phenoxy) is 1. The molecule has 0 fully saturated rings. The molecule has 3 rings (SSSR count). The van der Waals surface area contributed by atoms with Gasteiger partial charge in [-0.3, -0.25) is 0 Å². The summed E-state index contributed by atoms with van der Waals surface area (Å²) in [6, 6.07) is 2.31. The van der Waals surface area contributed by atoms with Gasteiger partial charge in [0.1, 0.15) is 23.6 Å². The number of rotatable bonds is 2. The molecule has 0 aromatic carbocycles. The third-order valence-corrected chi connectivity index (χ3v) is 4.03. The van der Waals surface area contributed by atoms with Crippen molar-refractivity contribution in [1.29, 1.82) is 0 Å². The Morgan fingerprint density at radius 3 is 2.76 bits per heavy atom. The maximum atomic E-state index is 5.91. The number of pyridine rings is 1. The lowest BCUT2D eigenvalue weighted by atomic mass is 10.1. The lowest BCUT2D eigenvalue weighted by Crippen LogP contribution is -2.33. The van der Waals surface area contributed by atoms with Crippen molar-refractivity contribution >= 4 is 16.7 Å². The van der Waals surface area contributed by atoms with Crippen LogP contribution in [-0.4, -0.2) is 34.6 Å². The SMILES string of the molecule is CCc1cc2nc(C(C)C)nc3c2c(n1)OCC(C)N3C. The van der Waals surface area contributed by atoms with Crippen molar-refractivity contribution in [1.82, 2.24) is 15.0 Å². The van der Waals surface area contributed by atoms with Gasteiger partial charge in [-0.25, -0.2) is 15.0 Å². The number of likely N-dealkylation sites (N-methyl/N-ethyl adjacent to an activating group) is 1. The van der Waals surface area contributed by atoms with Gasteiger partial charge in [0, 0.05) is 18.7 Å². The first-order valence-electron chi connectivity index (χ1n) is 7.58. The Morgan fingerprint density at radius 1 is 1.33 bits per heavy atom.